The number of pyridine rings is 1. The molecule has 0 atom stereocenters. The van der Waals surface area contributed by atoms with Crippen molar-refractivity contribution in [2.75, 3.05) is 5.32 Å². The summed E-state index contributed by atoms with van der Waals surface area (Å²) in [5.41, 5.74) is 3.58. The lowest BCUT2D eigenvalue weighted by atomic mass is 10.2. The third-order valence-electron chi connectivity index (χ3n) is 3.61. The van der Waals surface area contributed by atoms with E-state index in [1.807, 2.05) is 49.4 Å². The Labute approximate surface area is 148 Å². The third-order valence-corrected chi connectivity index (χ3v) is 4.24. The second kappa shape index (κ2) is 6.74. The van der Waals surface area contributed by atoms with Crippen molar-refractivity contribution in [3.63, 3.8) is 0 Å². The van der Waals surface area contributed by atoms with Crippen molar-refractivity contribution in [2.45, 2.75) is 6.92 Å². The quantitative estimate of drug-likeness (QED) is 0.599. The normalized spacial score (nSPS) is 10.6. The van der Waals surface area contributed by atoms with Crippen LogP contribution in [0.15, 0.2) is 61.1 Å². The number of hydrogen-bond donors (Lipinski definition) is 1. The lowest BCUT2D eigenvalue weighted by Crippen LogP contribution is -1.96. The number of anilines is 2. The Hall–Kier alpha value is -3.19. The topological polar surface area (TPSA) is 76.5 Å². The number of aromatic nitrogens is 5. The van der Waals surface area contributed by atoms with Crippen LogP contribution >= 0.6 is 11.5 Å². The minimum atomic E-state index is 0.627. The summed E-state index contributed by atoms with van der Waals surface area (Å²) in [6, 6.07) is 13.7. The smallest absolute Gasteiger partial charge is 0.207 e. The summed E-state index contributed by atoms with van der Waals surface area (Å²) in [4.78, 5) is 17.6. The highest BCUT2D eigenvalue weighted by Crippen LogP contribution is 2.26. The molecule has 0 aliphatic rings. The maximum atomic E-state index is 4.58. The molecule has 3 aromatic heterocycles. The van der Waals surface area contributed by atoms with E-state index in [1.54, 1.807) is 18.6 Å². The first-order chi connectivity index (χ1) is 12.3. The Morgan fingerprint density at radius 1 is 0.920 bits per heavy atom. The van der Waals surface area contributed by atoms with Crippen LogP contribution in [0.4, 0.5) is 10.8 Å². The molecule has 0 aliphatic heterocycles. The Morgan fingerprint density at radius 2 is 1.72 bits per heavy atom. The SMILES string of the molecule is Cc1nc(-c2ccncc2)ncc1-c1nsc(Nc2ccccc2)n1. The van der Waals surface area contributed by atoms with E-state index in [1.165, 1.54) is 11.5 Å². The van der Waals surface area contributed by atoms with Gasteiger partial charge in [-0.1, -0.05) is 18.2 Å². The van der Waals surface area contributed by atoms with E-state index in [0.29, 0.717) is 11.6 Å². The average molecular weight is 346 g/mol. The van der Waals surface area contributed by atoms with Gasteiger partial charge in [-0.2, -0.15) is 9.36 Å². The van der Waals surface area contributed by atoms with E-state index in [-0.39, 0.29) is 0 Å². The molecule has 25 heavy (non-hydrogen) atoms. The number of hydrogen-bond acceptors (Lipinski definition) is 7. The maximum absolute atomic E-state index is 4.58. The van der Waals surface area contributed by atoms with E-state index < -0.39 is 0 Å². The van der Waals surface area contributed by atoms with Crippen molar-refractivity contribution in [1.82, 2.24) is 24.3 Å². The van der Waals surface area contributed by atoms with Gasteiger partial charge in [0.2, 0.25) is 5.13 Å². The van der Waals surface area contributed by atoms with Gasteiger partial charge >= 0.3 is 0 Å². The number of nitrogens with one attached hydrogen (secondary N) is 1. The van der Waals surface area contributed by atoms with Gasteiger partial charge in [-0.25, -0.2) is 9.97 Å². The van der Waals surface area contributed by atoms with Crippen LogP contribution in [0.5, 0.6) is 0 Å². The van der Waals surface area contributed by atoms with Gasteiger partial charge in [0.15, 0.2) is 11.6 Å². The van der Waals surface area contributed by atoms with Crippen LogP contribution in [0.2, 0.25) is 0 Å². The molecule has 0 saturated carbocycles. The van der Waals surface area contributed by atoms with E-state index in [2.05, 4.69) is 29.6 Å². The molecule has 0 fully saturated rings. The zero-order valence-electron chi connectivity index (χ0n) is 13.4. The number of aryl methyl sites for hydroxylation is 1. The van der Waals surface area contributed by atoms with E-state index in [9.17, 15) is 0 Å². The van der Waals surface area contributed by atoms with Gasteiger partial charge in [-0.15, -0.1) is 0 Å². The number of benzene rings is 1. The van der Waals surface area contributed by atoms with Crippen molar-refractivity contribution in [1.29, 1.82) is 0 Å². The van der Waals surface area contributed by atoms with E-state index in [4.69, 9.17) is 0 Å². The van der Waals surface area contributed by atoms with Crippen molar-refractivity contribution in [3.8, 4) is 22.8 Å². The first-order valence-electron chi connectivity index (χ1n) is 7.70. The van der Waals surface area contributed by atoms with Gasteiger partial charge in [0.05, 0.1) is 11.3 Å². The second-order valence-corrected chi connectivity index (χ2v) is 6.09. The summed E-state index contributed by atoms with van der Waals surface area (Å²) in [6.07, 6.45) is 5.23. The van der Waals surface area contributed by atoms with Gasteiger partial charge in [0, 0.05) is 41.4 Å². The molecular formula is C18H14N6S. The largest absolute Gasteiger partial charge is 0.330 e. The minimum absolute atomic E-state index is 0.627. The molecule has 4 rings (SSSR count). The minimum Gasteiger partial charge on any atom is -0.330 e. The molecule has 1 N–H and O–H groups in total. The molecule has 3 heterocycles. The number of para-hydroxylation sites is 1. The Morgan fingerprint density at radius 3 is 2.48 bits per heavy atom. The summed E-state index contributed by atoms with van der Waals surface area (Å²) >= 11 is 1.31. The fourth-order valence-electron chi connectivity index (χ4n) is 2.36. The van der Waals surface area contributed by atoms with Crippen LogP contribution in [0.3, 0.4) is 0 Å². The van der Waals surface area contributed by atoms with Crippen LogP contribution < -0.4 is 5.32 Å². The molecular weight excluding hydrogens is 332 g/mol. The summed E-state index contributed by atoms with van der Waals surface area (Å²) in [6.45, 7) is 1.94. The molecule has 4 aromatic rings. The monoisotopic (exact) mass is 346 g/mol. The molecule has 0 spiro atoms. The van der Waals surface area contributed by atoms with Crippen LogP contribution in [-0.4, -0.2) is 24.3 Å². The highest BCUT2D eigenvalue weighted by atomic mass is 32.1. The van der Waals surface area contributed by atoms with Crippen LogP contribution in [0.25, 0.3) is 22.8 Å². The zero-order chi connectivity index (χ0) is 17.1. The van der Waals surface area contributed by atoms with Crippen molar-refractivity contribution in [2.24, 2.45) is 0 Å². The number of nitrogens with zero attached hydrogens (tertiary/aromatic N) is 5. The predicted molar refractivity (Wildman–Crippen MR) is 98.6 cm³/mol. The molecule has 6 nitrogen and oxygen atoms in total. The van der Waals surface area contributed by atoms with Crippen molar-refractivity contribution >= 4 is 22.4 Å². The molecule has 0 saturated heterocycles. The standard InChI is InChI=1S/C18H14N6S/c1-12-15(11-20-16(21-12)13-7-9-19-10-8-13)17-23-18(25-24-17)22-14-5-3-2-4-6-14/h2-11H,1H3,(H,22,23,24). The molecule has 0 aliphatic carbocycles. The summed E-state index contributed by atoms with van der Waals surface area (Å²) in [7, 11) is 0. The fraction of sp³-hybridized carbons (Fsp3) is 0.0556. The highest BCUT2D eigenvalue weighted by molar-refractivity contribution is 7.09. The van der Waals surface area contributed by atoms with E-state index in [0.717, 1.165) is 27.6 Å². The van der Waals surface area contributed by atoms with Crippen molar-refractivity contribution < 1.29 is 0 Å². The van der Waals surface area contributed by atoms with Crippen LogP contribution in [0, 0.1) is 6.92 Å². The predicted octanol–water partition coefficient (Wildman–Crippen LogP) is 4.11. The fourth-order valence-corrected chi connectivity index (χ4v) is 2.96. The lowest BCUT2D eigenvalue weighted by Gasteiger charge is -2.04. The first-order valence-corrected chi connectivity index (χ1v) is 8.47. The Balaban J connectivity index is 1.60. The molecule has 0 bridgehead atoms. The average Bonchev–Trinajstić information content (AvgIpc) is 3.11. The van der Waals surface area contributed by atoms with Gasteiger partial charge < -0.3 is 5.32 Å². The zero-order valence-corrected chi connectivity index (χ0v) is 14.2. The van der Waals surface area contributed by atoms with Gasteiger partial charge in [-0.05, 0) is 31.2 Å². The maximum Gasteiger partial charge on any atom is 0.207 e. The molecule has 1 aromatic carbocycles. The molecule has 122 valence electrons. The second-order valence-electron chi connectivity index (χ2n) is 5.34. The van der Waals surface area contributed by atoms with Gasteiger partial charge in [-0.3, -0.25) is 4.98 Å². The lowest BCUT2D eigenvalue weighted by molar-refractivity contribution is 1.10. The first kappa shape index (κ1) is 15.3. The van der Waals surface area contributed by atoms with Crippen LogP contribution in [-0.2, 0) is 0 Å². The summed E-state index contributed by atoms with van der Waals surface area (Å²) < 4.78 is 4.42. The summed E-state index contributed by atoms with van der Waals surface area (Å²) in [5, 5.41) is 3.98. The van der Waals surface area contributed by atoms with Crippen LogP contribution in [0.1, 0.15) is 5.69 Å². The van der Waals surface area contributed by atoms with Gasteiger partial charge in [0.25, 0.3) is 0 Å². The number of rotatable bonds is 4. The molecule has 7 heteroatoms. The van der Waals surface area contributed by atoms with E-state index >= 15 is 0 Å². The highest BCUT2D eigenvalue weighted by Gasteiger charge is 2.12. The van der Waals surface area contributed by atoms with Gasteiger partial charge in [0.1, 0.15) is 0 Å². The van der Waals surface area contributed by atoms with Crippen molar-refractivity contribution in [3.05, 3.63) is 66.7 Å². The molecule has 0 amide bonds. The third kappa shape index (κ3) is 3.36. The molecule has 0 radical (unpaired) electrons. The Kier molecular flexibility index (Phi) is 4.14. The Bertz CT molecular complexity index is 985. The molecule has 0 unspecified atom stereocenters. The summed E-state index contributed by atoms with van der Waals surface area (Å²) in [5.74, 6) is 1.30.